The van der Waals surface area contributed by atoms with E-state index in [1.54, 1.807) is 24.3 Å². The zero-order valence-electron chi connectivity index (χ0n) is 16.6. The third-order valence-electron chi connectivity index (χ3n) is 4.14. The van der Waals surface area contributed by atoms with E-state index in [1.807, 2.05) is 29.7 Å². The second-order valence-corrected chi connectivity index (χ2v) is 9.16. The van der Waals surface area contributed by atoms with Gasteiger partial charge in [-0.2, -0.15) is 0 Å². The van der Waals surface area contributed by atoms with Crippen molar-refractivity contribution in [1.82, 2.24) is 14.8 Å². The van der Waals surface area contributed by atoms with Gasteiger partial charge < -0.3 is 10.1 Å². The number of aromatic nitrogens is 3. The number of thioether (sulfide) groups is 1. The first-order valence-electron chi connectivity index (χ1n) is 9.17. The summed E-state index contributed by atoms with van der Waals surface area (Å²) in [7, 11) is 0. The first-order chi connectivity index (χ1) is 14.9. The van der Waals surface area contributed by atoms with Crippen molar-refractivity contribution >= 4 is 62.5 Å². The SMILES string of the molecule is C=CCn1c(COc2ccc(Cl)cc2C)nnc1SCC(=O)Nc1ccc(Br)cc1Cl. The van der Waals surface area contributed by atoms with Crippen LogP contribution in [-0.4, -0.2) is 26.4 Å². The van der Waals surface area contributed by atoms with Crippen LogP contribution in [0.15, 0.2) is 58.7 Å². The Labute approximate surface area is 203 Å². The quantitative estimate of drug-likeness (QED) is 0.260. The second kappa shape index (κ2) is 11.0. The molecule has 0 aliphatic carbocycles. The minimum Gasteiger partial charge on any atom is -0.485 e. The zero-order valence-corrected chi connectivity index (χ0v) is 20.5. The summed E-state index contributed by atoms with van der Waals surface area (Å²) in [6.07, 6.45) is 1.74. The molecule has 0 saturated heterocycles. The van der Waals surface area contributed by atoms with Crippen molar-refractivity contribution in [3.8, 4) is 5.75 Å². The maximum Gasteiger partial charge on any atom is 0.234 e. The van der Waals surface area contributed by atoms with Crippen molar-refractivity contribution in [2.45, 2.75) is 25.2 Å². The van der Waals surface area contributed by atoms with Crippen LogP contribution in [0, 0.1) is 6.92 Å². The number of nitrogens with zero attached hydrogens (tertiary/aromatic N) is 3. The van der Waals surface area contributed by atoms with Crippen LogP contribution in [0.25, 0.3) is 0 Å². The molecule has 0 saturated carbocycles. The number of aryl methyl sites for hydroxylation is 1. The van der Waals surface area contributed by atoms with Crippen LogP contribution in [0.2, 0.25) is 10.0 Å². The van der Waals surface area contributed by atoms with Crippen LogP contribution >= 0.6 is 50.9 Å². The van der Waals surface area contributed by atoms with E-state index in [9.17, 15) is 4.79 Å². The lowest BCUT2D eigenvalue weighted by molar-refractivity contribution is -0.113. The number of amides is 1. The molecule has 3 aromatic rings. The van der Waals surface area contributed by atoms with Gasteiger partial charge in [0.15, 0.2) is 11.0 Å². The lowest BCUT2D eigenvalue weighted by Crippen LogP contribution is -2.15. The number of hydrogen-bond donors (Lipinski definition) is 1. The van der Waals surface area contributed by atoms with E-state index in [0.29, 0.717) is 33.3 Å². The van der Waals surface area contributed by atoms with Crippen LogP contribution in [0.5, 0.6) is 5.75 Å². The Balaban J connectivity index is 1.64. The summed E-state index contributed by atoms with van der Waals surface area (Å²) in [4.78, 5) is 12.4. The highest BCUT2D eigenvalue weighted by molar-refractivity contribution is 9.10. The van der Waals surface area contributed by atoms with Gasteiger partial charge in [0, 0.05) is 16.0 Å². The molecule has 1 amide bonds. The van der Waals surface area contributed by atoms with E-state index in [-0.39, 0.29) is 18.3 Å². The molecule has 0 unspecified atom stereocenters. The molecule has 0 bridgehead atoms. The largest absolute Gasteiger partial charge is 0.485 e. The van der Waals surface area contributed by atoms with E-state index in [1.165, 1.54) is 11.8 Å². The van der Waals surface area contributed by atoms with E-state index in [4.69, 9.17) is 27.9 Å². The molecule has 31 heavy (non-hydrogen) atoms. The minimum absolute atomic E-state index is 0.152. The van der Waals surface area contributed by atoms with Gasteiger partial charge in [-0.05, 0) is 48.9 Å². The van der Waals surface area contributed by atoms with Crippen LogP contribution in [0.4, 0.5) is 5.69 Å². The molecule has 162 valence electrons. The number of allylic oxidation sites excluding steroid dienone is 1. The molecule has 1 aromatic heterocycles. The van der Waals surface area contributed by atoms with Gasteiger partial charge in [0.2, 0.25) is 5.91 Å². The first kappa shape index (κ1) is 23.7. The standard InChI is InChI=1S/C21H19BrCl2N4O2S/c1-3-8-28-19(11-30-18-7-5-15(23)9-13(18)2)26-27-21(28)31-12-20(29)25-17-6-4-14(22)10-16(17)24/h3-7,9-10H,1,8,11-12H2,2H3,(H,25,29). The third kappa shape index (κ3) is 6.49. The highest BCUT2D eigenvalue weighted by Crippen LogP contribution is 2.27. The minimum atomic E-state index is -0.197. The number of ether oxygens (including phenoxy) is 1. The van der Waals surface area contributed by atoms with E-state index >= 15 is 0 Å². The van der Waals surface area contributed by atoms with Gasteiger partial charge in [0.1, 0.15) is 12.4 Å². The highest BCUT2D eigenvalue weighted by Gasteiger charge is 2.15. The van der Waals surface area contributed by atoms with Crippen LogP contribution in [-0.2, 0) is 17.9 Å². The fraction of sp³-hybridized carbons (Fsp3) is 0.190. The van der Waals surface area contributed by atoms with Crippen molar-refractivity contribution in [3.63, 3.8) is 0 Å². The topological polar surface area (TPSA) is 69.0 Å². The molecule has 0 radical (unpaired) electrons. The van der Waals surface area contributed by atoms with Crippen LogP contribution in [0.1, 0.15) is 11.4 Å². The number of rotatable bonds is 9. The van der Waals surface area contributed by atoms with Crippen molar-refractivity contribution in [2.24, 2.45) is 0 Å². The third-order valence-corrected chi connectivity index (χ3v) is 6.14. The molecule has 0 atom stereocenters. The van der Waals surface area contributed by atoms with Crippen LogP contribution in [0.3, 0.4) is 0 Å². The number of nitrogens with one attached hydrogen (secondary N) is 1. The molecular formula is C21H19BrCl2N4O2S. The van der Waals surface area contributed by atoms with Gasteiger partial charge in [-0.1, -0.05) is 57.0 Å². The smallest absolute Gasteiger partial charge is 0.234 e. The maximum atomic E-state index is 12.4. The first-order valence-corrected chi connectivity index (χ1v) is 11.7. The van der Waals surface area contributed by atoms with Gasteiger partial charge in [-0.3, -0.25) is 9.36 Å². The average molecular weight is 542 g/mol. The predicted molar refractivity (Wildman–Crippen MR) is 129 cm³/mol. The normalized spacial score (nSPS) is 10.7. The van der Waals surface area contributed by atoms with E-state index in [0.717, 1.165) is 15.8 Å². The molecular weight excluding hydrogens is 523 g/mol. The Morgan fingerprint density at radius 3 is 2.81 bits per heavy atom. The summed E-state index contributed by atoms with van der Waals surface area (Å²) in [6, 6.07) is 10.7. The van der Waals surface area contributed by atoms with E-state index in [2.05, 4.69) is 38.0 Å². The summed E-state index contributed by atoms with van der Waals surface area (Å²) in [5, 5.41) is 12.9. The fourth-order valence-electron chi connectivity index (χ4n) is 2.67. The lowest BCUT2D eigenvalue weighted by Gasteiger charge is -2.11. The Morgan fingerprint density at radius 1 is 1.29 bits per heavy atom. The number of carbonyl (C=O) groups is 1. The monoisotopic (exact) mass is 540 g/mol. The Morgan fingerprint density at radius 2 is 2.10 bits per heavy atom. The van der Waals surface area contributed by atoms with Gasteiger partial charge in [-0.25, -0.2) is 0 Å². The maximum absolute atomic E-state index is 12.4. The van der Waals surface area contributed by atoms with Crippen molar-refractivity contribution < 1.29 is 9.53 Å². The van der Waals surface area contributed by atoms with Crippen molar-refractivity contribution in [3.05, 3.63) is 75.0 Å². The van der Waals surface area contributed by atoms with Gasteiger partial charge in [0.05, 0.1) is 16.5 Å². The molecule has 1 N–H and O–H groups in total. The molecule has 3 rings (SSSR count). The fourth-order valence-corrected chi connectivity index (χ4v) is 4.38. The molecule has 6 nitrogen and oxygen atoms in total. The number of carbonyl (C=O) groups excluding carboxylic acids is 1. The molecule has 10 heteroatoms. The Bertz CT molecular complexity index is 1110. The number of hydrogen-bond acceptors (Lipinski definition) is 5. The summed E-state index contributed by atoms with van der Waals surface area (Å²) >= 11 is 16.8. The zero-order chi connectivity index (χ0) is 22.4. The summed E-state index contributed by atoms with van der Waals surface area (Å²) in [5.74, 6) is 1.31. The number of benzene rings is 2. The summed E-state index contributed by atoms with van der Waals surface area (Å²) < 4.78 is 8.58. The molecule has 0 aliphatic heterocycles. The Kier molecular flexibility index (Phi) is 8.43. The molecule has 1 heterocycles. The average Bonchev–Trinajstić information content (AvgIpc) is 3.10. The molecule has 2 aromatic carbocycles. The van der Waals surface area contributed by atoms with Crippen LogP contribution < -0.4 is 10.1 Å². The second-order valence-electron chi connectivity index (χ2n) is 6.46. The molecule has 0 spiro atoms. The summed E-state index contributed by atoms with van der Waals surface area (Å²) in [5.41, 5.74) is 1.48. The van der Waals surface area contributed by atoms with Gasteiger partial charge in [-0.15, -0.1) is 16.8 Å². The summed E-state index contributed by atoms with van der Waals surface area (Å²) in [6.45, 7) is 6.43. The number of anilines is 1. The molecule has 0 aliphatic rings. The van der Waals surface area contributed by atoms with Gasteiger partial charge >= 0.3 is 0 Å². The van der Waals surface area contributed by atoms with Gasteiger partial charge in [0.25, 0.3) is 0 Å². The van der Waals surface area contributed by atoms with Crippen molar-refractivity contribution in [2.75, 3.05) is 11.1 Å². The number of halogens is 3. The lowest BCUT2D eigenvalue weighted by atomic mass is 10.2. The molecule has 0 fully saturated rings. The Hall–Kier alpha value is -2.00. The highest BCUT2D eigenvalue weighted by atomic mass is 79.9. The predicted octanol–water partition coefficient (Wildman–Crippen LogP) is 6.15. The van der Waals surface area contributed by atoms with Crippen molar-refractivity contribution in [1.29, 1.82) is 0 Å². The van der Waals surface area contributed by atoms with E-state index < -0.39 is 0 Å².